The third kappa shape index (κ3) is 2.57. The molecule has 0 radical (unpaired) electrons. The smallest absolute Gasteiger partial charge is 0.184 e. The maximum absolute atomic E-state index is 5.49. The fourth-order valence-corrected chi connectivity index (χ4v) is 2.75. The normalized spacial score (nSPS) is 10.9. The largest absolute Gasteiger partial charge is 0.494 e. The molecule has 0 spiro atoms. The molecule has 0 unspecified atom stereocenters. The van der Waals surface area contributed by atoms with Crippen molar-refractivity contribution in [3.05, 3.63) is 30.4 Å². The highest BCUT2D eigenvalue weighted by atomic mass is 32.1. The van der Waals surface area contributed by atoms with Gasteiger partial charge in [0, 0.05) is 7.05 Å². The highest BCUT2D eigenvalue weighted by molar-refractivity contribution is 7.22. The highest BCUT2D eigenvalue weighted by Crippen LogP contribution is 2.29. The van der Waals surface area contributed by atoms with E-state index < -0.39 is 0 Å². The van der Waals surface area contributed by atoms with E-state index in [1.807, 2.05) is 36.7 Å². The van der Waals surface area contributed by atoms with E-state index in [2.05, 4.69) is 20.5 Å². The average Bonchev–Trinajstić information content (AvgIpc) is 3.02. The predicted molar refractivity (Wildman–Crippen MR) is 79.1 cm³/mol. The molecule has 0 fully saturated rings. The van der Waals surface area contributed by atoms with Crippen LogP contribution in [0.2, 0.25) is 0 Å². The zero-order valence-corrected chi connectivity index (χ0v) is 12.1. The van der Waals surface area contributed by atoms with Crippen LogP contribution in [-0.2, 0) is 13.6 Å². The quantitative estimate of drug-likeness (QED) is 0.781. The number of nitrogens with zero attached hydrogens (tertiary/aromatic N) is 4. The molecule has 3 aromatic rings. The molecule has 3 rings (SSSR count). The lowest BCUT2D eigenvalue weighted by molar-refractivity contribution is 0.341. The van der Waals surface area contributed by atoms with Crippen LogP contribution in [0.1, 0.15) is 12.7 Å². The molecule has 0 amide bonds. The Morgan fingerprint density at radius 1 is 1.40 bits per heavy atom. The lowest BCUT2D eigenvalue weighted by atomic mass is 10.3. The van der Waals surface area contributed by atoms with Crippen molar-refractivity contribution >= 4 is 26.7 Å². The second kappa shape index (κ2) is 5.46. The SMILES string of the molecule is CCOc1ccc2nc(NCc3nncn3C)sc2c1. The van der Waals surface area contributed by atoms with Crippen LogP contribution in [0.3, 0.4) is 0 Å². The third-order valence-electron chi connectivity index (χ3n) is 2.87. The zero-order valence-electron chi connectivity index (χ0n) is 11.3. The standard InChI is InChI=1S/C13H15N5OS/c1-3-19-9-4-5-10-11(6-9)20-13(16-10)14-7-12-17-15-8-18(12)2/h4-6,8H,3,7H2,1-2H3,(H,14,16). The second-order valence-electron chi connectivity index (χ2n) is 4.29. The first-order chi connectivity index (χ1) is 9.76. The van der Waals surface area contributed by atoms with Crippen LogP contribution in [0.4, 0.5) is 5.13 Å². The first-order valence-corrected chi connectivity index (χ1v) is 7.18. The van der Waals surface area contributed by atoms with Crippen molar-refractivity contribution in [2.24, 2.45) is 7.05 Å². The summed E-state index contributed by atoms with van der Waals surface area (Å²) in [5.74, 6) is 1.75. The molecular weight excluding hydrogens is 274 g/mol. The van der Waals surface area contributed by atoms with E-state index >= 15 is 0 Å². The minimum atomic E-state index is 0.606. The van der Waals surface area contributed by atoms with Crippen LogP contribution < -0.4 is 10.1 Å². The number of nitrogens with one attached hydrogen (secondary N) is 1. The molecule has 0 atom stereocenters. The molecule has 6 nitrogen and oxygen atoms in total. The van der Waals surface area contributed by atoms with Gasteiger partial charge in [-0.05, 0) is 25.1 Å². The number of aromatic nitrogens is 4. The maximum Gasteiger partial charge on any atom is 0.184 e. The molecule has 0 aliphatic rings. The van der Waals surface area contributed by atoms with E-state index in [0.717, 1.165) is 26.9 Å². The molecule has 20 heavy (non-hydrogen) atoms. The lowest BCUT2D eigenvalue weighted by Crippen LogP contribution is -2.05. The summed E-state index contributed by atoms with van der Waals surface area (Å²) in [6, 6.07) is 5.94. The number of rotatable bonds is 5. The van der Waals surface area contributed by atoms with Crippen molar-refractivity contribution < 1.29 is 4.74 Å². The first-order valence-electron chi connectivity index (χ1n) is 6.36. The van der Waals surface area contributed by atoms with Gasteiger partial charge in [-0.15, -0.1) is 10.2 Å². The molecule has 2 aromatic heterocycles. The van der Waals surface area contributed by atoms with E-state index in [1.165, 1.54) is 0 Å². The fraction of sp³-hybridized carbons (Fsp3) is 0.308. The summed E-state index contributed by atoms with van der Waals surface area (Å²) in [5.41, 5.74) is 0.971. The van der Waals surface area contributed by atoms with Crippen LogP contribution in [-0.4, -0.2) is 26.4 Å². The van der Waals surface area contributed by atoms with Crippen molar-refractivity contribution in [1.82, 2.24) is 19.7 Å². The Balaban J connectivity index is 1.77. The van der Waals surface area contributed by atoms with Gasteiger partial charge in [-0.1, -0.05) is 11.3 Å². The molecule has 1 aromatic carbocycles. The van der Waals surface area contributed by atoms with Crippen molar-refractivity contribution in [1.29, 1.82) is 0 Å². The van der Waals surface area contributed by atoms with Gasteiger partial charge in [0.2, 0.25) is 0 Å². The summed E-state index contributed by atoms with van der Waals surface area (Å²) in [7, 11) is 1.92. The Bertz CT molecular complexity index is 720. The van der Waals surface area contributed by atoms with Crippen LogP contribution in [0.15, 0.2) is 24.5 Å². The number of hydrogen-bond donors (Lipinski definition) is 1. The Labute approximate surface area is 120 Å². The Morgan fingerprint density at radius 3 is 3.05 bits per heavy atom. The number of hydrogen-bond acceptors (Lipinski definition) is 6. The van der Waals surface area contributed by atoms with Gasteiger partial charge in [0.05, 0.1) is 23.4 Å². The van der Waals surface area contributed by atoms with Crippen molar-refractivity contribution in [2.75, 3.05) is 11.9 Å². The van der Waals surface area contributed by atoms with E-state index in [9.17, 15) is 0 Å². The monoisotopic (exact) mass is 289 g/mol. The van der Waals surface area contributed by atoms with Gasteiger partial charge in [0.1, 0.15) is 12.1 Å². The topological polar surface area (TPSA) is 64.9 Å². The maximum atomic E-state index is 5.49. The van der Waals surface area contributed by atoms with Gasteiger partial charge >= 0.3 is 0 Å². The fourth-order valence-electron chi connectivity index (χ4n) is 1.86. The first kappa shape index (κ1) is 12.9. The Hall–Kier alpha value is -2.15. The molecular formula is C13H15N5OS. The van der Waals surface area contributed by atoms with Crippen LogP contribution in [0, 0.1) is 0 Å². The number of benzene rings is 1. The van der Waals surface area contributed by atoms with Gasteiger partial charge in [-0.25, -0.2) is 4.98 Å². The number of fused-ring (bicyclic) bond motifs is 1. The number of ether oxygens (including phenoxy) is 1. The van der Waals surface area contributed by atoms with E-state index in [0.29, 0.717) is 13.2 Å². The molecule has 2 heterocycles. The number of thiazole rings is 1. The molecule has 0 saturated carbocycles. The zero-order chi connectivity index (χ0) is 13.9. The summed E-state index contributed by atoms with van der Waals surface area (Å²) in [6.45, 7) is 3.25. The van der Waals surface area contributed by atoms with Gasteiger partial charge < -0.3 is 14.6 Å². The summed E-state index contributed by atoms with van der Waals surface area (Å²) >= 11 is 1.61. The number of anilines is 1. The van der Waals surface area contributed by atoms with E-state index in [1.54, 1.807) is 17.7 Å². The number of aryl methyl sites for hydroxylation is 1. The summed E-state index contributed by atoms with van der Waals surface area (Å²) in [6.07, 6.45) is 1.68. The molecule has 7 heteroatoms. The summed E-state index contributed by atoms with van der Waals surface area (Å²) in [4.78, 5) is 4.54. The lowest BCUT2D eigenvalue weighted by Gasteiger charge is -2.00. The molecule has 0 aliphatic carbocycles. The molecule has 0 aliphatic heterocycles. The average molecular weight is 289 g/mol. The highest BCUT2D eigenvalue weighted by Gasteiger charge is 2.06. The van der Waals surface area contributed by atoms with Gasteiger partial charge in [0.15, 0.2) is 11.0 Å². The Morgan fingerprint density at radius 2 is 2.30 bits per heavy atom. The molecule has 1 N–H and O–H groups in total. The van der Waals surface area contributed by atoms with Gasteiger partial charge in [-0.2, -0.15) is 0 Å². The Kier molecular flexibility index (Phi) is 3.51. The molecule has 0 bridgehead atoms. The van der Waals surface area contributed by atoms with Gasteiger partial charge in [0.25, 0.3) is 0 Å². The van der Waals surface area contributed by atoms with Crippen LogP contribution in [0.5, 0.6) is 5.75 Å². The third-order valence-corrected chi connectivity index (χ3v) is 3.85. The summed E-state index contributed by atoms with van der Waals surface area (Å²) in [5, 5.41) is 12.0. The van der Waals surface area contributed by atoms with Crippen LogP contribution >= 0.6 is 11.3 Å². The van der Waals surface area contributed by atoms with Crippen LogP contribution in [0.25, 0.3) is 10.2 Å². The predicted octanol–water partition coefficient (Wildman–Crippen LogP) is 2.44. The van der Waals surface area contributed by atoms with Crippen molar-refractivity contribution in [3.8, 4) is 5.75 Å². The molecule has 104 valence electrons. The second-order valence-corrected chi connectivity index (χ2v) is 5.32. The minimum absolute atomic E-state index is 0.606. The summed E-state index contributed by atoms with van der Waals surface area (Å²) < 4.78 is 8.48. The minimum Gasteiger partial charge on any atom is -0.494 e. The van der Waals surface area contributed by atoms with Crippen molar-refractivity contribution in [2.45, 2.75) is 13.5 Å². The molecule has 0 saturated heterocycles. The van der Waals surface area contributed by atoms with Crippen molar-refractivity contribution in [3.63, 3.8) is 0 Å². The van der Waals surface area contributed by atoms with E-state index in [-0.39, 0.29) is 0 Å². The van der Waals surface area contributed by atoms with Gasteiger partial charge in [-0.3, -0.25) is 0 Å². The van der Waals surface area contributed by atoms with E-state index in [4.69, 9.17) is 4.74 Å².